The first kappa shape index (κ1) is 13.4. The van der Waals surface area contributed by atoms with Gasteiger partial charge in [0.05, 0.1) is 5.69 Å². The number of aryl methyl sites for hydroxylation is 1. The zero-order valence-corrected chi connectivity index (χ0v) is 11.0. The van der Waals surface area contributed by atoms with Gasteiger partial charge < -0.3 is 15.2 Å². The predicted molar refractivity (Wildman–Crippen MR) is 74.3 cm³/mol. The smallest absolute Gasteiger partial charge is 0.142 e. The van der Waals surface area contributed by atoms with Gasteiger partial charge in [0.1, 0.15) is 24.7 Å². The Morgan fingerprint density at radius 3 is 2.47 bits per heavy atom. The average molecular weight is 258 g/mol. The van der Waals surface area contributed by atoms with E-state index in [4.69, 9.17) is 15.2 Å². The third-order valence-electron chi connectivity index (χ3n) is 2.62. The number of nitrogens with two attached hydrogens (primary N) is 1. The standard InChI is InChI=1S/C15H18N2O2/c1-12-7-8-15(14(11-16)17-12)19-10-9-18-13-5-3-2-4-6-13/h2-8H,9-11,16H2,1H3. The lowest BCUT2D eigenvalue weighted by molar-refractivity contribution is 0.215. The maximum Gasteiger partial charge on any atom is 0.142 e. The van der Waals surface area contributed by atoms with Crippen LogP contribution in [-0.4, -0.2) is 18.2 Å². The second kappa shape index (κ2) is 6.75. The highest BCUT2D eigenvalue weighted by molar-refractivity contribution is 5.29. The van der Waals surface area contributed by atoms with Crippen LogP contribution in [0.25, 0.3) is 0 Å². The summed E-state index contributed by atoms with van der Waals surface area (Å²) in [6, 6.07) is 13.5. The van der Waals surface area contributed by atoms with Crippen LogP contribution in [-0.2, 0) is 6.54 Å². The van der Waals surface area contributed by atoms with Gasteiger partial charge in [0.25, 0.3) is 0 Å². The largest absolute Gasteiger partial charge is 0.490 e. The van der Waals surface area contributed by atoms with Crippen molar-refractivity contribution in [2.75, 3.05) is 13.2 Å². The molecule has 0 aliphatic heterocycles. The third-order valence-corrected chi connectivity index (χ3v) is 2.62. The number of ether oxygens (including phenoxy) is 2. The number of aromatic nitrogens is 1. The van der Waals surface area contributed by atoms with Crippen molar-refractivity contribution < 1.29 is 9.47 Å². The van der Waals surface area contributed by atoms with Crippen molar-refractivity contribution in [1.82, 2.24) is 4.98 Å². The normalized spacial score (nSPS) is 10.2. The van der Waals surface area contributed by atoms with Gasteiger partial charge in [0.2, 0.25) is 0 Å². The highest BCUT2D eigenvalue weighted by Crippen LogP contribution is 2.16. The summed E-state index contributed by atoms with van der Waals surface area (Å²) in [7, 11) is 0. The van der Waals surface area contributed by atoms with Gasteiger partial charge in [-0.1, -0.05) is 18.2 Å². The Bertz CT molecular complexity index is 515. The first-order valence-electron chi connectivity index (χ1n) is 6.27. The number of nitrogens with zero attached hydrogens (tertiary/aromatic N) is 1. The predicted octanol–water partition coefficient (Wildman–Crippen LogP) is 2.31. The molecule has 0 bridgehead atoms. The minimum atomic E-state index is 0.372. The SMILES string of the molecule is Cc1ccc(OCCOc2ccccc2)c(CN)n1. The van der Waals surface area contributed by atoms with E-state index in [1.807, 2.05) is 49.4 Å². The average Bonchev–Trinajstić information content (AvgIpc) is 2.46. The fourth-order valence-corrected chi connectivity index (χ4v) is 1.70. The van der Waals surface area contributed by atoms with Crippen molar-refractivity contribution in [2.24, 2.45) is 5.73 Å². The Labute approximate surface area is 113 Å². The minimum absolute atomic E-state index is 0.372. The fourth-order valence-electron chi connectivity index (χ4n) is 1.70. The van der Waals surface area contributed by atoms with E-state index in [2.05, 4.69) is 4.98 Å². The molecule has 4 nitrogen and oxygen atoms in total. The van der Waals surface area contributed by atoms with Crippen LogP contribution >= 0.6 is 0 Å². The number of rotatable bonds is 6. The van der Waals surface area contributed by atoms with Crippen LogP contribution in [0.5, 0.6) is 11.5 Å². The van der Waals surface area contributed by atoms with E-state index >= 15 is 0 Å². The summed E-state index contributed by atoms with van der Waals surface area (Å²) in [5.41, 5.74) is 7.36. The highest BCUT2D eigenvalue weighted by Gasteiger charge is 2.04. The molecule has 0 aliphatic rings. The number of pyridine rings is 1. The molecule has 0 saturated carbocycles. The molecule has 0 unspecified atom stereocenters. The summed E-state index contributed by atoms with van der Waals surface area (Å²) >= 11 is 0. The van der Waals surface area contributed by atoms with Gasteiger partial charge >= 0.3 is 0 Å². The van der Waals surface area contributed by atoms with Crippen LogP contribution in [0, 0.1) is 6.92 Å². The Balaban J connectivity index is 1.83. The Morgan fingerprint density at radius 1 is 1.00 bits per heavy atom. The van der Waals surface area contributed by atoms with Crippen LogP contribution < -0.4 is 15.2 Å². The van der Waals surface area contributed by atoms with Crippen LogP contribution in [0.1, 0.15) is 11.4 Å². The second-order valence-electron chi connectivity index (χ2n) is 4.11. The summed E-state index contributed by atoms with van der Waals surface area (Å²) in [5, 5.41) is 0. The molecule has 19 heavy (non-hydrogen) atoms. The molecular weight excluding hydrogens is 240 g/mol. The summed E-state index contributed by atoms with van der Waals surface area (Å²) in [5.74, 6) is 1.57. The molecule has 0 amide bonds. The quantitative estimate of drug-likeness (QED) is 0.808. The minimum Gasteiger partial charge on any atom is -0.490 e. The topological polar surface area (TPSA) is 57.4 Å². The van der Waals surface area contributed by atoms with E-state index in [1.165, 1.54) is 0 Å². The fraction of sp³-hybridized carbons (Fsp3) is 0.267. The lowest BCUT2D eigenvalue weighted by Gasteiger charge is -2.11. The van der Waals surface area contributed by atoms with Crippen molar-refractivity contribution >= 4 is 0 Å². The molecule has 2 rings (SSSR count). The van der Waals surface area contributed by atoms with E-state index in [1.54, 1.807) is 0 Å². The Hall–Kier alpha value is -2.07. The first-order valence-corrected chi connectivity index (χ1v) is 6.27. The van der Waals surface area contributed by atoms with E-state index in [9.17, 15) is 0 Å². The lowest BCUT2D eigenvalue weighted by Crippen LogP contribution is -2.12. The maximum atomic E-state index is 5.64. The monoisotopic (exact) mass is 258 g/mol. The molecule has 2 N–H and O–H groups in total. The van der Waals surface area contributed by atoms with Gasteiger partial charge in [0.15, 0.2) is 0 Å². The van der Waals surface area contributed by atoms with Crippen LogP contribution in [0.2, 0.25) is 0 Å². The van der Waals surface area contributed by atoms with E-state index < -0.39 is 0 Å². The third kappa shape index (κ3) is 3.96. The molecule has 0 aliphatic carbocycles. The van der Waals surface area contributed by atoms with E-state index in [-0.39, 0.29) is 0 Å². The number of para-hydroxylation sites is 1. The van der Waals surface area contributed by atoms with E-state index in [0.717, 1.165) is 22.9 Å². The molecule has 0 spiro atoms. The van der Waals surface area contributed by atoms with Gasteiger partial charge in [-0.05, 0) is 31.2 Å². The summed E-state index contributed by atoms with van der Waals surface area (Å²) in [4.78, 5) is 4.34. The summed E-state index contributed by atoms with van der Waals surface area (Å²) < 4.78 is 11.2. The lowest BCUT2D eigenvalue weighted by atomic mass is 10.3. The molecule has 100 valence electrons. The number of hydrogen-bond donors (Lipinski definition) is 1. The number of hydrogen-bond acceptors (Lipinski definition) is 4. The van der Waals surface area contributed by atoms with Gasteiger partial charge in [0, 0.05) is 12.2 Å². The van der Waals surface area contributed by atoms with E-state index in [0.29, 0.717) is 19.8 Å². The van der Waals surface area contributed by atoms with Gasteiger partial charge in [-0.15, -0.1) is 0 Å². The molecule has 0 saturated heterocycles. The Morgan fingerprint density at radius 2 is 1.74 bits per heavy atom. The van der Waals surface area contributed by atoms with Gasteiger partial charge in [-0.2, -0.15) is 0 Å². The zero-order valence-electron chi connectivity index (χ0n) is 11.0. The number of benzene rings is 1. The summed E-state index contributed by atoms with van der Waals surface area (Å²) in [6.07, 6.45) is 0. The van der Waals surface area contributed by atoms with Crippen LogP contribution in [0.3, 0.4) is 0 Å². The summed E-state index contributed by atoms with van der Waals surface area (Å²) in [6.45, 7) is 3.26. The molecule has 4 heteroatoms. The second-order valence-corrected chi connectivity index (χ2v) is 4.11. The molecule has 0 fully saturated rings. The highest BCUT2D eigenvalue weighted by atomic mass is 16.5. The molecule has 1 aromatic carbocycles. The van der Waals surface area contributed by atoms with Crippen molar-refractivity contribution in [1.29, 1.82) is 0 Å². The first-order chi connectivity index (χ1) is 9.29. The molecule has 1 aromatic heterocycles. The van der Waals surface area contributed by atoms with Gasteiger partial charge in [-0.3, -0.25) is 4.98 Å². The zero-order chi connectivity index (χ0) is 13.5. The van der Waals surface area contributed by atoms with Gasteiger partial charge in [-0.25, -0.2) is 0 Å². The van der Waals surface area contributed by atoms with Crippen molar-refractivity contribution in [3.05, 3.63) is 53.9 Å². The van der Waals surface area contributed by atoms with Crippen molar-refractivity contribution in [3.63, 3.8) is 0 Å². The maximum absolute atomic E-state index is 5.64. The Kier molecular flexibility index (Phi) is 4.75. The van der Waals surface area contributed by atoms with Crippen LogP contribution in [0.4, 0.5) is 0 Å². The van der Waals surface area contributed by atoms with Crippen molar-refractivity contribution in [3.8, 4) is 11.5 Å². The molecule has 2 aromatic rings. The molecule has 0 radical (unpaired) electrons. The van der Waals surface area contributed by atoms with Crippen molar-refractivity contribution in [2.45, 2.75) is 13.5 Å². The molecule has 1 heterocycles. The molecular formula is C15H18N2O2. The van der Waals surface area contributed by atoms with Crippen LogP contribution in [0.15, 0.2) is 42.5 Å². The molecule has 0 atom stereocenters.